The second-order valence-corrected chi connectivity index (χ2v) is 11.2. The molecule has 0 N–H and O–H groups in total. The smallest absolute Gasteiger partial charge is 0.333 e. The van der Waals surface area contributed by atoms with Gasteiger partial charge in [-0.2, -0.15) is 0 Å². The van der Waals surface area contributed by atoms with Gasteiger partial charge < -0.3 is 9.47 Å². The van der Waals surface area contributed by atoms with E-state index in [2.05, 4.69) is 26.2 Å². The van der Waals surface area contributed by atoms with Gasteiger partial charge in [0, 0.05) is 12.2 Å². The van der Waals surface area contributed by atoms with Crippen molar-refractivity contribution in [2.45, 2.75) is 57.7 Å². The van der Waals surface area contributed by atoms with E-state index in [0.29, 0.717) is 5.57 Å². The topological polar surface area (TPSA) is 35.5 Å². The van der Waals surface area contributed by atoms with E-state index in [4.69, 9.17) is 9.47 Å². The normalized spacial score (nSPS) is 22.9. The second kappa shape index (κ2) is 5.82. The van der Waals surface area contributed by atoms with Crippen molar-refractivity contribution in [2.75, 3.05) is 6.61 Å². The number of carbonyl (C=O) groups is 1. The first-order valence-corrected chi connectivity index (χ1v) is 9.88. The van der Waals surface area contributed by atoms with E-state index in [0.717, 1.165) is 25.9 Å². The summed E-state index contributed by atoms with van der Waals surface area (Å²) < 4.78 is 11.4. The van der Waals surface area contributed by atoms with Crippen LogP contribution in [0.3, 0.4) is 0 Å². The van der Waals surface area contributed by atoms with Crippen LogP contribution in [0.4, 0.5) is 0 Å². The van der Waals surface area contributed by atoms with Gasteiger partial charge in [-0.3, -0.25) is 0 Å². The fourth-order valence-corrected chi connectivity index (χ4v) is 3.87. The lowest BCUT2D eigenvalue weighted by molar-refractivity contribution is -0.148. The molecule has 0 bridgehead atoms. The molecule has 0 aromatic heterocycles. The number of ether oxygens (including phenoxy) is 2. The molecule has 0 amide bonds. The molecule has 0 saturated carbocycles. The average molecular weight is 256 g/mol. The molecule has 4 heteroatoms. The molecule has 2 atom stereocenters. The van der Waals surface area contributed by atoms with Crippen LogP contribution in [0.5, 0.6) is 0 Å². The molecule has 17 heavy (non-hydrogen) atoms. The SMILES string of the molecule is C=C(C)C(=O)OC(C1CCCCO1)[Si](C)(C)C. The van der Waals surface area contributed by atoms with Crippen LogP contribution in [-0.4, -0.2) is 32.5 Å². The van der Waals surface area contributed by atoms with Crippen molar-refractivity contribution < 1.29 is 14.3 Å². The zero-order chi connectivity index (χ0) is 13.1. The lowest BCUT2D eigenvalue weighted by atomic mass is 10.1. The van der Waals surface area contributed by atoms with Gasteiger partial charge in [-0.25, -0.2) is 4.79 Å². The number of hydrogen-bond acceptors (Lipinski definition) is 3. The zero-order valence-corrected chi connectivity index (χ0v) is 12.4. The third-order valence-electron chi connectivity index (χ3n) is 2.99. The molecule has 3 nitrogen and oxygen atoms in total. The Morgan fingerprint density at radius 1 is 1.41 bits per heavy atom. The molecular weight excluding hydrogens is 232 g/mol. The largest absolute Gasteiger partial charge is 0.460 e. The predicted octanol–water partition coefficient (Wildman–Crippen LogP) is 2.92. The number of carbonyl (C=O) groups excluding carboxylic acids is 1. The molecule has 1 rings (SSSR count). The van der Waals surface area contributed by atoms with Gasteiger partial charge in [-0.05, 0) is 26.2 Å². The summed E-state index contributed by atoms with van der Waals surface area (Å²) in [5.74, 6) is -0.286. The van der Waals surface area contributed by atoms with E-state index in [1.165, 1.54) is 0 Å². The Morgan fingerprint density at radius 3 is 2.47 bits per heavy atom. The number of rotatable bonds is 4. The minimum Gasteiger partial charge on any atom is -0.460 e. The first kappa shape index (κ1) is 14.4. The van der Waals surface area contributed by atoms with E-state index < -0.39 is 8.07 Å². The lowest BCUT2D eigenvalue weighted by Crippen LogP contribution is -2.51. The molecular formula is C13H24O3Si. The maximum atomic E-state index is 11.7. The van der Waals surface area contributed by atoms with Gasteiger partial charge in [0.2, 0.25) is 0 Å². The average Bonchev–Trinajstić information content (AvgIpc) is 2.25. The standard InChI is InChI=1S/C13H24O3Si/c1-10(2)12(14)16-13(17(3,4)5)11-8-6-7-9-15-11/h11,13H,1,6-9H2,2-5H3. The minimum atomic E-state index is -1.59. The Hall–Kier alpha value is -0.613. The third kappa shape index (κ3) is 4.28. The molecule has 1 aliphatic rings. The first-order chi connectivity index (χ1) is 7.82. The predicted molar refractivity (Wildman–Crippen MR) is 71.6 cm³/mol. The van der Waals surface area contributed by atoms with Gasteiger partial charge >= 0.3 is 5.97 Å². The van der Waals surface area contributed by atoms with Crippen molar-refractivity contribution in [3.05, 3.63) is 12.2 Å². The maximum Gasteiger partial charge on any atom is 0.333 e. The second-order valence-electron chi connectivity index (χ2n) is 5.88. The molecule has 2 unspecified atom stereocenters. The highest BCUT2D eigenvalue weighted by atomic mass is 28.3. The van der Waals surface area contributed by atoms with E-state index >= 15 is 0 Å². The minimum absolute atomic E-state index is 0.0630. The highest BCUT2D eigenvalue weighted by Gasteiger charge is 2.38. The van der Waals surface area contributed by atoms with Crippen LogP contribution >= 0.6 is 0 Å². The molecule has 0 aromatic rings. The monoisotopic (exact) mass is 256 g/mol. The van der Waals surface area contributed by atoms with Crippen molar-refractivity contribution in [1.29, 1.82) is 0 Å². The van der Waals surface area contributed by atoms with Gasteiger partial charge in [0.1, 0.15) is 5.73 Å². The van der Waals surface area contributed by atoms with Crippen molar-refractivity contribution in [2.24, 2.45) is 0 Å². The van der Waals surface area contributed by atoms with Crippen molar-refractivity contribution in [1.82, 2.24) is 0 Å². The molecule has 1 fully saturated rings. The third-order valence-corrected chi connectivity index (χ3v) is 5.19. The summed E-state index contributed by atoms with van der Waals surface area (Å²) in [5.41, 5.74) is 0.399. The lowest BCUT2D eigenvalue weighted by Gasteiger charge is -2.37. The van der Waals surface area contributed by atoms with Gasteiger partial charge in [0.15, 0.2) is 0 Å². The molecule has 0 aromatic carbocycles. The van der Waals surface area contributed by atoms with Gasteiger partial charge in [-0.1, -0.05) is 26.2 Å². The number of esters is 1. The fourth-order valence-electron chi connectivity index (χ4n) is 2.03. The summed E-state index contributed by atoms with van der Waals surface area (Å²) in [5, 5.41) is 0. The fraction of sp³-hybridized carbons (Fsp3) is 0.769. The summed E-state index contributed by atoms with van der Waals surface area (Å²) in [7, 11) is -1.59. The Morgan fingerprint density at radius 2 is 2.06 bits per heavy atom. The molecule has 98 valence electrons. The Balaban J connectivity index is 2.73. The Kier molecular flexibility index (Phi) is 4.95. The van der Waals surface area contributed by atoms with Gasteiger partial charge in [0.25, 0.3) is 0 Å². The Bertz CT molecular complexity index is 288. The number of hydrogen-bond donors (Lipinski definition) is 0. The van der Waals surface area contributed by atoms with E-state index in [1.54, 1.807) is 6.92 Å². The molecule has 1 saturated heterocycles. The van der Waals surface area contributed by atoms with Crippen molar-refractivity contribution in [3.63, 3.8) is 0 Å². The summed E-state index contributed by atoms with van der Waals surface area (Å²) in [6.07, 6.45) is 3.36. The van der Waals surface area contributed by atoms with Gasteiger partial charge in [-0.15, -0.1) is 0 Å². The molecule has 1 aliphatic heterocycles. The highest BCUT2D eigenvalue weighted by molar-refractivity contribution is 6.77. The van der Waals surface area contributed by atoms with Crippen molar-refractivity contribution in [3.8, 4) is 0 Å². The van der Waals surface area contributed by atoms with Crippen LogP contribution in [-0.2, 0) is 14.3 Å². The summed E-state index contributed by atoms with van der Waals surface area (Å²) in [4.78, 5) is 11.7. The van der Waals surface area contributed by atoms with Crippen LogP contribution in [0.1, 0.15) is 26.2 Å². The molecule has 0 aliphatic carbocycles. The molecule has 0 radical (unpaired) electrons. The molecule has 1 heterocycles. The first-order valence-electron chi connectivity index (χ1n) is 6.30. The van der Waals surface area contributed by atoms with E-state index in [1.807, 2.05) is 0 Å². The van der Waals surface area contributed by atoms with Gasteiger partial charge in [0.05, 0.1) is 14.2 Å². The van der Waals surface area contributed by atoms with Crippen LogP contribution in [0.2, 0.25) is 19.6 Å². The van der Waals surface area contributed by atoms with Crippen molar-refractivity contribution >= 4 is 14.0 Å². The Labute approximate surface area is 105 Å². The zero-order valence-electron chi connectivity index (χ0n) is 11.4. The van der Waals surface area contributed by atoms with Crippen LogP contribution in [0.25, 0.3) is 0 Å². The van der Waals surface area contributed by atoms with E-state index in [9.17, 15) is 4.79 Å². The van der Waals surface area contributed by atoms with Crippen LogP contribution < -0.4 is 0 Å². The van der Waals surface area contributed by atoms with E-state index in [-0.39, 0.29) is 17.8 Å². The maximum absolute atomic E-state index is 11.7. The summed E-state index contributed by atoms with van der Waals surface area (Å²) in [6, 6.07) is 0. The summed E-state index contributed by atoms with van der Waals surface area (Å²) in [6.45, 7) is 12.7. The van der Waals surface area contributed by atoms with Crippen LogP contribution in [0, 0.1) is 0 Å². The quantitative estimate of drug-likeness (QED) is 0.441. The summed E-state index contributed by atoms with van der Waals surface area (Å²) >= 11 is 0. The molecule has 0 spiro atoms. The van der Waals surface area contributed by atoms with Crippen LogP contribution in [0.15, 0.2) is 12.2 Å². The highest BCUT2D eigenvalue weighted by Crippen LogP contribution is 2.25.